The van der Waals surface area contributed by atoms with Crippen molar-refractivity contribution < 1.29 is 9.00 Å². The lowest BCUT2D eigenvalue weighted by molar-refractivity contribution is -0.119. The highest BCUT2D eigenvalue weighted by Gasteiger charge is 2.08. The first-order chi connectivity index (χ1) is 4.54. The molecule has 60 valence electrons. The lowest BCUT2D eigenvalue weighted by Gasteiger charge is -2.03. The molecule has 0 saturated heterocycles. The standard InChI is InChI=1S/C5H12N2O2S/c1-10(9)3-2-4(6)5(7)8/h4H,2-3,6H2,1H3,(H2,7,8)/t4-,10?/m0/s1. The third-order valence-electron chi connectivity index (χ3n) is 1.08. The molecule has 0 spiro atoms. The molecule has 0 saturated carbocycles. The summed E-state index contributed by atoms with van der Waals surface area (Å²) in [5, 5.41) is 0. The first-order valence-electron chi connectivity index (χ1n) is 2.89. The van der Waals surface area contributed by atoms with Crippen molar-refractivity contribution in [3.8, 4) is 0 Å². The summed E-state index contributed by atoms with van der Waals surface area (Å²) >= 11 is 0. The van der Waals surface area contributed by atoms with Gasteiger partial charge in [0.2, 0.25) is 5.91 Å². The smallest absolute Gasteiger partial charge is 0.234 e. The number of carbonyl (C=O) groups excluding carboxylic acids is 1. The molecule has 0 aromatic carbocycles. The Hall–Kier alpha value is -0.420. The highest BCUT2D eigenvalue weighted by Crippen LogP contribution is 1.88. The van der Waals surface area contributed by atoms with Gasteiger partial charge in [-0.2, -0.15) is 0 Å². The fraction of sp³-hybridized carbons (Fsp3) is 0.800. The normalized spacial score (nSPS) is 16.2. The zero-order chi connectivity index (χ0) is 8.15. The van der Waals surface area contributed by atoms with E-state index < -0.39 is 22.7 Å². The average Bonchev–Trinajstić information content (AvgIpc) is 1.82. The summed E-state index contributed by atoms with van der Waals surface area (Å²) in [7, 11) is -0.890. The van der Waals surface area contributed by atoms with Crippen molar-refractivity contribution in [2.24, 2.45) is 11.5 Å². The SMILES string of the molecule is CS(=O)CC[C@H](N)C(N)=O. The van der Waals surface area contributed by atoms with Crippen molar-refractivity contribution >= 4 is 16.7 Å². The fourth-order valence-electron chi connectivity index (χ4n) is 0.435. The van der Waals surface area contributed by atoms with E-state index in [1.54, 1.807) is 6.26 Å². The van der Waals surface area contributed by atoms with Gasteiger partial charge in [-0.15, -0.1) is 0 Å². The van der Waals surface area contributed by atoms with Gasteiger partial charge in [0.1, 0.15) is 0 Å². The van der Waals surface area contributed by atoms with E-state index in [1.807, 2.05) is 0 Å². The maximum Gasteiger partial charge on any atom is 0.234 e. The number of carbonyl (C=O) groups is 1. The van der Waals surface area contributed by atoms with Crippen LogP contribution < -0.4 is 11.5 Å². The molecule has 0 rings (SSSR count). The van der Waals surface area contributed by atoms with Gasteiger partial charge in [0, 0.05) is 22.8 Å². The third-order valence-corrected chi connectivity index (χ3v) is 1.89. The number of hydrogen-bond donors (Lipinski definition) is 2. The molecule has 0 aromatic rings. The van der Waals surface area contributed by atoms with E-state index in [9.17, 15) is 9.00 Å². The topological polar surface area (TPSA) is 86.2 Å². The summed E-state index contributed by atoms with van der Waals surface area (Å²) in [4.78, 5) is 10.3. The average molecular weight is 164 g/mol. The van der Waals surface area contributed by atoms with Gasteiger partial charge in [-0.25, -0.2) is 0 Å². The fourth-order valence-corrected chi connectivity index (χ4v) is 1.02. The Morgan fingerprint density at radius 1 is 1.70 bits per heavy atom. The Morgan fingerprint density at radius 2 is 2.20 bits per heavy atom. The van der Waals surface area contributed by atoms with E-state index in [0.29, 0.717) is 12.2 Å². The van der Waals surface area contributed by atoms with E-state index in [0.717, 1.165) is 0 Å². The molecule has 5 heteroatoms. The van der Waals surface area contributed by atoms with Crippen LogP contribution in [0.3, 0.4) is 0 Å². The number of nitrogens with two attached hydrogens (primary N) is 2. The molecule has 0 heterocycles. The second-order valence-electron chi connectivity index (χ2n) is 2.07. The van der Waals surface area contributed by atoms with Gasteiger partial charge >= 0.3 is 0 Å². The Morgan fingerprint density at radius 3 is 2.50 bits per heavy atom. The molecule has 4 nitrogen and oxygen atoms in total. The Bertz CT molecular complexity index is 149. The number of hydrogen-bond acceptors (Lipinski definition) is 3. The molecular weight excluding hydrogens is 152 g/mol. The molecule has 4 N–H and O–H groups in total. The zero-order valence-corrected chi connectivity index (χ0v) is 6.69. The molecule has 0 aliphatic carbocycles. The van der Waals surface area contributed by atoms with Crippen LogP contribution in [0.2, 0.25) is 0 Å². The van der Waals surface area contributed by atoms with E-state index >= 15 is 0 Å². The lowest BCUT2D eigenvalue weighted by atomic mass is 10.2. The minimum Gasteiger partial charge on any atom is -0.368 e. The Balaban J connectivity index is 3.49. The van der Waals surface area contributed by atoms with Crippen LogP contribution in [0.5, 0.6) is 0 Å². The van der Waals surface area contributed by atoms with Crippen LogP contribution in [0, 0.1) is 0 Å². The Labute approximate surface area is 62.4 Å². The number of primary amides is 1. The van der Waals surface area contributed by atoms with Gasteiger partial charge in [0.05, 0.1) is 6.04 Å². The molecule has 0 aliphatic rings. The molecule has 0 aromatic heterocycles. The van der Waals surface area contributed by atoms with E-state index in [2.05, 4.69) is 0 Å². The van der Waals surface area contributed by atoms with Crippen LogP contribution in [0.1, 0.15) is 6.42 Å². The van der Waals surface area contributed by atoms with Crippen LogP contribution in [0.4, 0.5) is 0 Å². The molecule has 0 radical (unpaired) electrons. The highest BCUT2D eigenvalue weighted by molar-refractivity contribution is 7.84. The molecule has 1 amide bonds. The maximum atomic E-state index is 10.5. The molecule has 0 fully saturated rings. The van der Waals surface area contributed by atoms with Crippen LogP contribution in [-0.4, -0.2) is 28.2 Å². The zero-order valence-electron chi connectivity index (χ0n) is 5.87. The maximum absolute atomic E-state index is 10.5. The van der Waals surface area contributed by atoms with Crippen molar-refractivity contribution in [3.05, 3.63) is 0 Å². The van der Waals surface area contributed by atoms with Gasteiger partial charge in [0.25, 0.3) is 0 Å². The summed E-state index contributed by atoms with van der Waals surface area (Å²) in [6.07, 6.45) is 1.96. The van der Waals surface area contributed by atoms with Crippen molar-refractivity contribution in [1.29, 1.82) is 0 Å². The summed E-state index contributed by atoms with van der Waals surface area (Å²) in [5.41, 5.74) is 10.1. The van der Waals surface area contributed by atoms with Gasteiger partial charge in [-0.1, -0.05) is 0 Å². The minimum absolute atomic E-state index is 0.401. The summed E-state index contributed by atoms with van der Waals surface area (Å²) in [5.74, 6) is -0.102. The first kappa shape index (κ1) is 9.58. The monoisotopic (exact) mass is 164 g/mol. The van der Waals surface area contributed by atoms with Gasteiger partial charge in [-0.05, 0) is 6.42 Å². The quantitative estimate of drug-likeness (QED) is 0.534. The van der Waals surface area contributed by atoms with Gasteiger partial charge in [-0.3, -0.25) is 9.00 Å². The third kappa shape index (κ3) is 4.46. The largest absolute Gasteiger partial charge is 0.368 e. The van der Waals surface area contributed by atoms with Crippen molar-refractivity contribution in [2.45, 2.75) is 12.5 Å². The predicted octanol–water partition coefficient (Wildman–Crippen LogP) is -1.43. The van der Waals surface area contributed by atoms with Crippen LogP contribution >= 0.6 is 0 Å². The Kier molecular flexibility index (Phi) is 4.22. The summed E-state index contributed by atoms with van der Waals surface area (Å²) in [6.45, 7) is 0. The van der Waals surface area contributed by atoms with E-state index in [4.69, 9.17) is 11.5 Å². The van der Waals surface area contributed by atoms with Crippen molar-refractivity contribution in [1.82, 2.24) is 0 Å². The van der Waals surface area contributed by atoms with Gasteiger partial charge in [0.15, 0.2) is 0 Å². The van der Waals surface area contributed by atoms with E-state index in [1.165, 1.54) is 0 Å². The summed E-state index contributed by atoms with van der Waals surface area (Å²) < 4.78 is 10.5. The molecule has 10 heavy (non-hydrogen) atoms. The van der Waals surface area contributed by atoms with Crippen molar-refractivity contribution in [2.75, 3.05) is 12.0 Å². The predicted molar refractivity (Wildman–Crippen MR) is 40.7 cm³/mol. The van der Waals surface area contributed by atoms with Gasteiger partial charge < -0.3 is 11.5 Å². The molecular formula is C5H12N2O2S. The highest BCUT2D eigenvalue weighted by atomic mass is 32.2. The van der Waals surface area contributed by atoms with E-state index in [-0.39, 0.29) is 0 Å². The lowest BCUT2D eigenvalue weighted by Crippen LogP contribution is -2.37. The minimum atomic E-state index is -0.890. The first-order valence-corrected chi connectivity index (χ1v) is 4.61. The number of amides is 1. The molecule has 0 bridgehead atoms. The van der Waals surface area contributed by atoms with Crippen LogP contribution in [-0.2, 0) is 15.6 Å². The molecule has 1 unspecified atom stereocenters. The second-order valence-corrected chi connectivity index (χ2v) is 3.63. The number of rotatable bonds is 4. The van der Waals surface area contributed by atoms with Crippen molar-refractivity contribution in [3.63, 3.8) is 0 Å². The molecule has 2 atom stereocenters. The summed E-state index contributed by atoms with van der Waals surface area (Å²) in [6, 6.07) is -0.649. The van der Waals surface area contributed by atoms with Crippen LogP contribution in [0.25, 0.3) is 0 Å². The van der Waals surface area contributed by atoms with Crippen LogP contribution in [0.15, 0.2) is 0 Å². The molecule has 0 aliphatic heterocycles. The second kappa shape index (κ2) is 4.40.